The molecule has 0 saturated carbocycles. The fourth-order valence-electron chi connectivity index (χ4n) is 4.24. The lowest BCUT2D eigenvalue weighted by atomic mass is 10.0. The van der Waals surface area contributed by atoms with Crippen LogP contribution in [0, 0.1) is 5.82 Å². The molecule has 2 amide bonds. The molecule has 6 heteroatoms. The summed E-state index contributed by atoms with van der Waals surface area (Å²) in [5.74, 6) is -1.24. The number of aromatic amines is 1. The van der Waals surface area contributed by atoms with Gasteiger partial charge in [-0.15, -0.1) is 0 Å². The van der Waals surface area contributed by atoms with Gasteiger partial charge in [-0.3, -0.25) is 14.5 Å². The van der Waals surface area contributed by atoms with E-state index in [2.05, 4.69) is 11.1 Å². The Labute approximate surface area is 155 Å². The van der Waals surface area contributed by atoms with Crippen LogP contribution in [0.1, 0.15) is 17.7 Å². The molecule has 1 fully saturated rings. The lowest BCUT2D eigenvalue weighted by Gasteiger charge is -2.31. The number of anilines is 1. The second kappa shape index (κ2) is 6.03. The van der Waals surface area contributed by atoms with Crippen molar-refractivity contribution < 1.29 is 14.0 Å². The van der Waals surface area contributed by atoms with Gasteiger partial charge in [0.05, 0.1) is 18.2 Å². The number of nitrogens with zero attached hydrogens (tertiary/aromatic N) is 2. The van der Waals surface area contributed by atoms with Gasteiger partial charge < -0.3 is 4.98 Å². The molecular formula is C21H18FN3O2. The highest BCUT2D eigenvalue weighted by Gasteiger charge is 2.44. The first-order chi connectivity index (χ1) is 13.1. The normalized spacial score (nSPS) is 20.5. The largest absolute Gasteiger partial charge is 0.358 e. The van der Waals surface area contributed by atoms with Crippen molar-refractivity contribution in [2.45, 2.75) is 25.4 Å². The topological polar surface area (TPSA) is 56.4 Å². The molecule has 0 aliphatic carbocycles. The van der Waals surface area contributed by atoms with Gasteiger partial charge in [0.15, 0.2) is 0 Å². The fraction of sp³-hybridized carbons (Fsp3) is 0.238. The molecule has 1 saturated heterocycles. The predicted molar refractivity (Wildman–Crippen MR) is 99.7 cm³/mol. The van der Waals surface area contributed by atoms with Gasteiger partial charge in [-0.2, -0.15) is 0 Å². The van der Waals surface area contributed by atoms with Gasteiger partial charge in [0.2, 0.25) is 5.91 Å². The van der Waals surface area contributed by atoms with Crippen LogP contribution < -0.4 is 4.90 Å². The summed E-state index contributed by atoms with van der Waals surface area (Å²) in [6, 6.07) is 13.5. The van der Waals surface area contributed by atoms with Gasteiger partial charge in [-0.25, -0.2) is 9.29 Å². The first-order valence-corrected chi connectivity index (χ1v) is 9.07. The number of carbonyl (C=O) groups is 2. The van der Waals surface area contributed by atoms with E-state index in [4.69, 9.17) is 0 Å². The van der Waals surface area contributed by atoms with E-state index in [9.17, 15) is 14.0 Å². The Morgan fingerprint density at radius 2 is 1.81 bits per heavy atom. The third kappa shape index (κ3) is 2.48. The van der Waals surface area contributed by atoms with Gasteiger partial charge >= 0.3 is 0 Å². The summed E-state index contributed by atoms with van der Waals surface area (Å²) in [4.78, 5) is 32.0. The first kappa shape index (κ1) is 16.2. The number of H-pyrrole nitrogens is 1. The molecule has 3 aromatic rings. The number of benzene rings is 2. The predicted octanol–water partition coefficient (Wildman–Crippen LogP) is 3.00. The van der Waals surface area contributed by atoms with Crippen molar-refractivity contribution >= 4 is 28.4 Å². The third-order valence-electron chi connectivity index (χ3n) is 5.57. The summed E-state index contributed by atoms with van der Waals surface area (Å²) < 4.78 is 14.1. The molecule has 2 aliphatic rings. The van der Waals surface area contributed by atoms with Gasteiger partial charge in [-0.05, 0) is 23.8 Å². The SMILES string of the molecule is O=C1C[C@@H](N2CCc3[nH]c4ccccc4c3C2)C(=O)N1c1ccccc1F. The number of imide groups is 1. The van der Waals surface area contributed by atoms with Crippen LogP contribution in [0.15, 0.2) is 48.5 Å². The average Bonchev–Trinajstić information content (AvgIpc) is 3.19. The van der Waals surface area contributed by atoms with Crippen LogP contribution in [0.2, 0.25) is 0 Å². The van der Waals surface area contributed by atoms with E-state index >= 15 is 0 Å². The standard InChI is InChI=1S/C21H18FN3O2/c22-15-6-2-4-8-18(15)25-20(26)11-19(21(25)27)24-10-9-17-14(12-24)13-5-1-3-7-16(13)23-17/h1-8,19,23H,9-12H2/t19-/m1/s1. The summed E-state index contributed by atoms with van der Waals surface area (Å²) >= 11 is 0. The van der Waals surface area contributed by atoms with Crippen molar-refractivity contribution in [1.29, 1.82) is 0 Å². The summed E-state index contributed by atoms with van der Waals surface area (Å²) in [6.07, 6.45) is 0.881. The molecule has 0 unspecified atom stereocenters. The van der Waals surface area contributed by atoms with Crippen LogP contribution in [0.5, 0.6) is 0 Å². The molecule has 136 valence electrons. The van der Waals surface area contributed by atoms with Crippen molar-refractivity contribution in [3.63, 3.8) is 0 Å². The number of nitrogens with one attached hydrogen (secondary N) is 1. The van der Waals surface area contributed by atoms with E-state index in [0.717, 1.165) is 22.2 Å². The van der Waals surface area contributed by atoms with E-state index in [1.54, 1.807) is 12.1 Å². The maximum absolute atomic E-state index is 14.1. The zero-order valence-corrected chi connectivity index (χ0v) is 14.6. The third-order valence-corrected chi connectivity index (χ3v) is 5.57. The second-order valence-electron chi connectivity index (χ2n) is 7.09. The summed E-state index contributed by atoms with van der Waals surface area (Å²) in [6.45, 7) is 1.29. The van der Waals surface area contributed by atoms with E-state index in [1.807, 2.05) is 23.1 Å². The van der Waals surface area contributed by atoms with E-state index in [1.165, 1.54) is 23.4 Å². The lowest BCUT2D eigenvalue weighted by molar-refractivity contribution is -0.123. The van der Waals surface area contributed by atoms with Crippen molar-refractivity contribution in [2.24, 2.45) is 0 Å². The van der Waals surface area contributed by atoms with Gasteiger partial charge in [0.1, 0.15) is 5.82 Å². The number of aromatic nitrogens is 1. The Morgan fingerprint density at radius 1 is 1.04 bits per heavy atom. The summed E-state index contributed by atoms with van der Waals surface area (Å²) in [7, 11) is 0. The highest BCUT2D eigenvalue weighted by Crippen LogP contribution is 2.32. The molecule has 0 bridgehead atoms. The highest BCUT2D eigenvalue weighted by molar-refractivity contribution is 6.22. The molecule has 0 spiro atoms. The molecule has 1 atom stereocenters. The van der Waals surface area contributed by atoms with E-state index in [-0.39, 0.29) is 23.9 Å². The molecule has 5 nitrogen and oxygen atoms in total. The molecule has 0 radical (unpaired) electrons. The van der Waals surface area contributed by atoms with E-state index in [0.29, 0.717) is 13.1 Å². The molecule has 5 rings (SSSR count). The van der Waals surface area contributed by atoms with E-state index < -0.39 is 11.9 Å². The van der Waals surface area contributed by atoms with Gasteiger partial charge in [-0.1, -0.05) is 30.3 Å². The highest BCUT2D eigenvalue weighted by atomic mass is 19.1. The number of fused-ring (bicyclic) bond motifs is 3. The van der Waals surface area contributed by atoms with Crippen LogP contribution in [-0.2, 0) is 22.6 Å². The van der Waals surface area contributed by atoms with Crippen LogP contribution in [0.3, 0.4) is 0 Å². The first-order valence-electron chi connectivity index (χ1n) is 9.07. The summed E-state index contributed by atoms with van der Waals surface area (Å²) in [5.41, 5.74) is 3.50. The Morgan fingerprint density at radius 3 is 2.67 bits per heavy atom. The van der Waals surface area contributed by atoms with Crippen molar-refractivity contribution in [3.8, 4) is 0 Å². The minimum absolute atomic E-state index is 0.0415. The second-order valence-corrected chi connectivity index (χ2v) is 7.09. The smallest absolute Gasteiger partial charge is 0.251 e. The van der Waals surface area contributed by atoms with Crippen molar-refractivity contribution in [3.05, 3.63) is 65.6 Å². The Balaban J connectivity index is 1.45. The zero-order valence-electron chi connectivity index (χ0n) is 14.6. The maximum atomic E-state index is 14.1. The fourth-order valence-corrected chi connectivity index (χ4v) is 4.24. The van der Waals surface area contributed by atoms with Crippen LogP contribution in [0.25, 0.3) is 10.9 Å². The molecule has 1 N–H and O–H groups in total. The Kier molecular flexibility index (Phi) is 3.62. The number of hydrogen-bond acceptors (Lipinski definition) is 3. The summed E-state index contributed by atoms with van der Waals surface area (Å²) in [5, 5.41) is 1.15. The minimum atomic E-state index is -0.558. The van der Waals surface area contributed by atoms with Crippen LogP contribution in [0.4, 0.5) is 10.1 Å². The maximum Gasteiger partial charge on any atom is 0.251 e. The monoisotopic (exact) mass is 363 g/mol. The molecule has 3 heterocycles. The number of amides is 2. The molecule has 2 aliphatic heterocycles. The molecule has 27 heavy (non-hydrogen) atoms. The van der Waals surface area contributed by atoms with Crippen molar-refractivity contribution in [2.75, 3.05) is 11.4 Å². The number of para-hydroxylation sites is 2. The van der Waals surface area contributed by atoms with Crippen molar-refractivity contribution in [1.82, 2.24) is 9.88 Å². The number of hydrogen-bond donors (Lipinski definition) is 1. The quantitative estimate of drug-likeness (QED) is 0.712. The van der Waals surface area contributed by atoms with Gasteiger partial charge in [0.25, 0.3) is 5.91 Å². The number of rotatable bonds is 2. The number of halogens is 1. The molecule has 2 aromatic carbocycles. The Hall–Kier alpha value is -2.99. The minimum Gasteiger partial charge on any atom is -0.358 e. The van der Waals surface area contributed by atoms with Crippen LogP contribution in [-0.4, -0.2) is 34.3 Å². The molecule has 1 aromatic heterocycles. The zero-order chi connectivity index (χ0) is 18.5. The number of carbonyl (C=O) groups excluding carboxylic acids is 2. The molecular weight excluding hydrogens is 345 g/mol. The average molecular weight is 363 g/mol. The Bertz CT molecular complexity index is 1070. The van der Waals surface area contributed by atoms with Crippen LogP contribution >= 0.6 is 0 Å². The van der Waals surface area contributed by atoms with Gasteiger partial charge in [0, 0.05) is 36.1 Å². The lowest BCUT2D eigenvalue weighted by Crippen LogP contribution is -2.44.